The van der Waals surface area contributed by atoms with Crippen molar-refractivity contribution < 1.29 is 4.79 Å². The molecule has 0 unspecified atom stereocenters. The van der Waals surface area contributed by atoms with Crippen LogP contribution in [0.2, 0.25) is 5.02 Å². The number of benzene rings is 3. The summed E-state index contributed by atoms with van der Waals surface area (Å²) in [6.45, 7) is 4.02. The van der Waals surface area contributed by atoms with Crippen molar-refractivity contribution in [2.24, 2.45) is 0 Å². The van der Waals surface area contributed by atoms with Gasteiger partial charge in [-0.25, -0.2) is 0 Å². The van der Waals surface area contributed by atoms with Crippen LogP contribution >= 0.6 is 23.4 Å². The number of hydrogen-bond acceptors (Lipinski definition) is 4. The molecule has 1 N–H and O–H groups in total. The highest BCUT2D eigenvalue weighted by atomic mass is 35.5. The first-order valence-corrected chi connectivity index (χ1v) is 11.1. The lowest BCUT2D eigenvalue weighted by Crippen LogP contribution is -2.14. The largest absolute Gasteiger partial charge is 0.325 e. The number of thioether (sulfide) groups is 1. The molecular weight excluding hydrogens is 428 g/mol. The third-order valence-electron chi connectivity index (χ3n) is 4.57. The number of anilines is 1. The quantitative estimate of drug-likeness (QED) is 0.371. The minimum absolute atomic E-state index is 0.0954. The van der Waals surface area contributed by atoms with Gasteiger partial charge in [-0.2, -0.15) is 0 Å². The van der Waals surface area contributed by atoms with E-state index in [-0.39, 0.29) is 11.7 Å². The zero-order valence-electron chi connectivity index (χ0n) is 17.2. The average Bonchev–Trinajstić information content (AvgIpc) is 3.16. The molecule has 0 aliphatic carbocycles. The molecule has 0 aliphatic rings. The molecule has 1 amide bonds. The molecule has 0 fully saturated rings. The monoisotopic (exact) mass is 448 g/mol. The Morgan fingerprint density at radius 1 is 0.968 bits per heavy atom. The van der Waals surface area contributed by atoms with Gasteiger partial charge in [-0.3, -0.25) is 9.36 Å². The predicted molar refractivity (Wildman–Crippen MR) is 127 cm³/mol. The van der Waals surface area contributed by atoms with Crippen LogP contribution in [-0.4, -0.2) is 26.4 Å². The molecule has 5 nitrogen and oxygen atoms in total. The number of carbonyl (C=O) groups excluding carboxylic acids is 1. The Morgan fingerprint density at radius 2 is 1.71 bits per heavy atom. The molecular formula is C24H21ClN4OS. The Balaban J connectivity index is 1.59. The van der Waals surface area contributed by atoms with Crippen LogP contribution in [0.1, 0.15) is 11.1 Å². The first-order chi connectivity index (χ1) is 15.0. The van der Waals surface area contributed by atoms with Gasteiger partial charge in [-0.05, 0) is 61.4 Å². The fraction of sp³-hybridized carbons (Fsp3) is 0.125. The van der Waals surface area contributed by atoms with E-state index in [0.717, 1.165) is 28.1 Å². The third-order valence-corrected chi connectivity index (χ3v) is 5.73. The summed E-state index contributed by atoms with van der Waals surface area (Å²) in [5.74, 6) is 0.792. The minimum Gasteiger partial charge on any atom is -0.325 e. The van der Waals surface area contributed by atoms with Gasteiger partial charge in [-0.1, -0.05) is 59.8 Å². The molecule has 1 heterocycles. The van der Waals surface area contributed by atoms with Crippen LogP contribution in [0.15, 0.2) is 78.0 Å². The molecule has 1 aromatic heterocycles. The van der Waals surface area contributed by atoms with E-state index in [9.17, 15) is 4.79 Å². The van der Waals surface area contributed by atoms with Crippen molar-refractivity contribution in [2.75, 3.05) is 11.1 Å². The Labute approximate surface area is 190 Å². The van der Waals surface area contributed by atoms with Gasteiger partial charge in [0.2, 0.25) is 5.91 Å². The molecule has 31 heavy (non-hydrogen) atoms. The van der Waals surface area contributed by atoms with E-state index in [1.165, 1.54) is 11.8 Å². The lowest BCUT2D eigenvalue weighted by molar-refractivity contribution is -0.113. The Kier molecular flexibility index (Phi) is 6.39. The summed E-state index contributed by atoms with van der Waals surface area (Å²) < 4.78 is 1.94. The van der Waals surface area contributed by atoms with Crippen LogP contribution in [0, 0.1) is 13.8 Å². The summed E-state index contributed by atoms with van der Waals surface area (Å²) in [7, 11) is 0. The number of aryl methyl sites for hydroxylation is 2. The van der Waals surface area contributed by atoms with Gasteiger partial charge in [0.15, 0.2) is 11.0 Å². The molecule has 156 valence electrons. The number of nitrogens with zero attached hydrogens (tertiary/aromatic N) is 3. The molecule has 0 saturated heterocycles. The molecule has 0 atom stereocenters. The van der Waals surface area contributed by atoms with Gasteiger partial charge in [0.25, 0.3) is 0 Å². The summed E-state index contributed by atoms with van der Waals surface area (Å²) in [6.07, 6.45) is 0. The molecule has 0 saturated carbocycles. The fourth-order valence-corrected chi connectivity index (χ4v) is 4.30. The van der Waals surface area contributed by atoms with Gasteiger partial charge in [0.05, 0.1) is 5.75 Å². The highest BCUT2D eigenvalue weighted by Crippen LogP contribution is 2.29. The third kappa shape index (κ3) is 5.16. The maximum absolute atomic E-state index is 12.6. The number of halogens is 1. The van der Waals surface area contributed by atoms with Gasteiger partial charge in [0.1, 0.15) is 0 Å². The molecule has 4 aromatic rings. The Morgan fingerprint density at radius 3 is 2.42 bits per heavy atom. The standard InChI is InChI=1S/C24H21ClN4OS/c1-16-11-17(2)13-20(12-16)26-22(30)15-31-24-28-27-23(18-7-6-8-19(25)14-18)29(24)21-9-4-3-5-10-21/h3-14H,15H2,1-2H3,(H,26,30). The Bertz CT molecular complexity index is 1200. The van der Waals surface area contributed by atoms with Gasteiger partial charge in [0, 0.05) is 22.0 Å². The zero-order chi connectivity index (χ0) is 21.8. The zero-order valence-corrected chi connectivity index (χ0v) is 18.7. The van der Waals surface area contributed by atoms with Crippen molar-refractivity contribution in [3.05, 3.63) is 88.9 Å². The number of para-hydroxylation sites is 1. The number of aromatic nitrogens is 3. The summed E-state index contributed by atoms with van der Waals surface area (Å²) in [4.78, 5) is 12.6. The number of nitrogens with one attached hydrogen (secondary N) is 1. The smallest absolute Gasteiger partial charge is 0.234 e. The van der Waals surface area contributed by atoms with Crippen LogP contribution in [-0.2, 0) is 4.79 Å². The lowest BCUT2D eigenvalue weighted by Gasteiger charge is -2.11. The average molecular weight is 449 g/mol. The molecule has 0 spiro atoms. The second kappa shape index (κ2) is 9.37. The van der Waals surface area contributed by atoms with Gasteiger partial charge in [-0.15, -0.1) is 10.2 Å². The topological polar surface area (TPSA) is 59.8 Å². The lowest BCUT2D eigenvalue weighted by atomic mass is 10.1. The van der Waals surface area contributed by atoms with Crippen LogP contribution < -0.4 is 5.32 Å². The molecule has 7 heteroatoms. The van der Waals surface area contributed by atoms with E-state index in [0.29, 0.717) is 16.0 Å². The summed E-state index contributed by atoms with van der Waals surface area (Å²) in [6, 6.07) is 23.3. The maximum atomic E-state index is 12.6. The van der Waals surface area contributed by atoms with Crippen LogP contribution in [0.3, 0.4) is 0 Å². The highest BCUT2D eigenvalue weighted by Gasteiger charge is 2.17. The van der Waals surface area contributed by atoms with E-state index in [2.05, 4.69) is 21.6 Å². The molecule has 4 rings (SSSR count). The van der Waals surface area contributed by atoms with Crippen LogP contribution in [0.4, 0.5) is 5.69 Å². The van der Waals surface area contributed by atoms with Crippen molar-refractivity contribution in [3.63, 3.8) is 0 Å². The van der Waals surface area contributed by atoms with Crippen LogP contribution in [0.5, 0.6) is 0 Å². The summed E-state index contributed by atoms with van der Waals surface area (Å²) in [5.41, 5.74) is 4.79. The molecule has 3 aromatic carbocycles. The minimum atomic E-state index is -0.0954. The highest BCUT2D eigenvalue weighted by molar-refractivity contribution is 7.99. The van der Waals surface area contributed by atoms with Gasteiger partial charge >= 0.3 is 0 Å². The van der Waals surface area contributed by atoms with E-state index in [1.807, 2.05) is 85.1 Å². The predicted octanol–water partition coefficient (Wildman–Crippen LogP) is 5.94. The fourth-order valence-electron chi connectivity index (χ4n) is 3.36. The van der Waals surface area contributed by atoms with Crippen molar-refractivity contribution in [3.8, 4) is 17.1 Å². The van der Waals surface area contributed by atoms with Gasteiger partial charge < -0.3 is 5.32 Å². The number of carbonyl (C=O) groups is 1. The van der Waals surface area contributed by atoms with E-state index < -0.39 is 0 Å². The van der Waals surface area contributed by atoms with Crippen molar-refractivity contribution in [1.82, 2.24) is 14.8 Å². The normalized spacial score (nSPS) is 10.8. The first-order valence-electron chi connectivity index (χ1n) is 9.77. The molecule has 0 bridgehead atoms. The number of rotatable bonds is 6. The first kappa shape index (κ1) is 21.2. The SMILES string of the molecule is Cc1cc(C)cc(NC(=O)CSc2nnc(-c3cccc(Cl)c3)n2-c2ccccc2)c1. The van der Waals surface area contributed by atoms with E-state index in [4.69, 9.17) is 11.6 Å². The van der Waals surface area contributed by atoms with E-state index in [1.54, 1.807) is 0 Å². The van der Waals surface area contributed by atoms with Crippen molar-refractivity contribution >= 4 is 35.0 Å². The van der Waals surface area contributed by atoms with Crippen LogP contribution in [0.25, 0.3) is 17.1 Å². The van der Waals surface area contributed by atoms with Crippen molar-refractivity contribution in [2.45, 2.75) is 19.0 Å². The summed E-state index contributed by atoms with van der Waals surface area (Å²) in [5, 5.41) is 13.0. The molecule has 0 aliphatic heterocycles. The molecule has 0 radical (unpaired) electrons. The maximum Gasteiger partial charge on any atom is 0.234 e. The number of hydrogen-bond donors (Lipinski definition) is 1. The second-order valence-corrected chi connectivity index (χ2v) is 8.58. The van der Waals surface area contributed by atoms with Crippen molar-refractivity contribution in [1.29, 1.82) is 0 Å². The summed E-state index contributed by atoms with van der Waals surface area (Å²) >= 11 is 7.53. The second-order valence-electron chi connectivity index (χ2n) is 7.20. The Hall–Kier alpha value is -3.09. The number of amides is 1. The van der Waals surface area contributed by atoms with E-state index >= 15 is 0 Å².